The number of carbonyl (C=O) groups is 2. The van der Waals surface area contributed by atoms with Gasteiger partial charge >= 0.3 is 0 Å². The first kappa shape index (κ1) is 17.3. The molecular formula is C15H22ClN3O2. The lowest BCUT2D eigenvalue weighted by molar-refractivity contribution is -0.120. The Kier molecular flexibility index (Phi) is 7.02. The van der Waals surface area contributed by atoms with E-state index in [1.807, 2.05) is 20.8 Å². The first-order valence-electron chi connectivity index (χ1n) is 7.02. The van der Waals surface area contributed by atoms with Crippen molar-refractivity contribution in [3.05, 3.63) is 28.8 Å². The van der Waals surface area contributed by atoms with Crippen LogP contribution in [-0.2, 0) is 4.79 Å². The maximum absolute atomic E-state index is 12.1. The number of hydrogen-bond acceptors (Lipinski definition) is 3. The van der Waals surface area contributed by atoms with Crippen LogP contribution in [0.1, 0.15) is 31.1 Å². The molecule has 0 bridgehead atoms. The number of hydrogen-bond donors (Lipinski definition) is 3. The van der Waals surface area contributed by atoms with Crippen LogP contribution < -0.4 is 16.0 Å². The molecule has 1 rings (SSSR count). The fraction of sp³-hybridized carbons (Fsp3) is 0.467. The molecule has 0 aromatic heterocycles. The van der Waals surface area contributed by atoms with Gasteiger partial charge in [-0.2, -0.15) is 0 Å². The van der Waals surface area contributed by atoms with E-state index in [-0.39, 0.29) is 18.4 Å². The third-order valence-corrected chi connectivity index (χ3v) is 2.95. The Labute approximate surface area is 130 Å². The molecule has 1 aromatic carbocycles. The summed E-state index contributed by atoms with van der Waals surface area (Å²) in [5, 5.41) is 8.91. The SMILES string of the molecule is CCNc1ccc(Cl)cc1C(=O)NCC(=O)NCC(C)C. The Morgan fingerprint density at radius 3 is 2.57 bits per heavy atom. The Morgan fingerprint density at radius 2 is 1.95 bits per heavy atom. The van der Waals surface area contributed by atoms with Crippen LogP contribution in [0.5, 0.6) is 0 Å². The van der Waals surface area contributed by atoms with Gasteiger partial charge in [-0.1, -0.05) is 25.4 Å². The fourth-order valence-electron chi connectivity index (χ4n) is 1.69. The number of carbonyl (C=O) groups excluding carboxylic acids is 2. The maximum atomic E-state index is 12.1. The van der Waals surface area contributed by atoms with Crippen molar-refractivity contribution in [2.24, 2.45) is 5.92 Å². The maximum Gasteiger partial charge on any atom is 0.253 e. The lowest BCUT2D eigenvalue weighted by atomic mass is 10.1. The van der Waals surface area contributed by atoms with E-state index in [1.54, 1.807) is 18.2 Å². The van der Waals surface area contributed by atoms with E-state index >= 15 is 0 Å². The highest BCUT2D eigenvalue weighted by Crippen LogP contribution is 2.20. The van der Waals surface area contributed by atoms with E-state index in [4.69, 9.17) is 11.6 Å². The molecule has 21 heavy (non-hydrogen) atoms. The molecule has 1 aromatic rings. The number of anilines is 1. The minimum absolute atomic E-state index is 0.0520. The Bertz CT molecular complexity index is 504. The highest BCUT2D eigenvalue weighted by atomic mass is 35.5. The molecule has 2 amide bonds. The Balaban J connectivity index is 2.63. The van der Waals surface area contributed by atoms with Gasteiger partial charge in [0.1, 0.15) is 0 Å². The molecule has 0 saturated carbocycles. The molecule has 0 atom stereocenters. The summed E-state index contributed by atoms with van der Waals surface area (Å²) in [4.78, 5) is 23.7. The molecule has 0 aliphatic carbocycles. The third kappa shape index (κ3) is 6.04. The molecule has 0 fully saturated rings. The fourth-order valence-corrected chi connectivity index (χ4v) is 1.86. The molecule has 0 saturated heterocycles. The smallest absolute Gasteiger partial charge is 0.253 e. The van der Waals surface area contributed by atoms with E-state index in [0.29, 0.717) is 35.3 Å². The van der Waals surface area contributed by atoms with Gasteiger partial charge in [0.25, 0.3) is 5.91 Å². The lowest BCUT2D eigenvalue weighted by Crippen LogP contribution is -2.38. The van der Waals surface area contributed by atoms with Crippen LogP contribution >= 0.6 is 11.6 Å². The Hall–Kier alpha value is -1.75. The second kappa shape index (κ2) is 8.52. The number of amides is 2. The zero-order valence-electron chi connectivity index (χ0n) is 12.6. The standard InChI is InChI=1S/C15H22ClN3O2/c1-4-17-13-6-5-11(16)7-12(13)15(21)19-9-14(20)18-8-10(2)3/h5-7,10,17H,4,8-9H2,1-3H3,(H,18,20)(H,19,21). The van der Waals surface area contributed by atoms with Crippen LogP contribution in [0.2, 0.25) is 5.02 Å². The average molecular weight is 312 g/mol. The van der Waals surface area contributed by atoms with Gasteiger partial charge in [-0.15, -0.1) is 0 Å². The van der Waals surface area contributed by atoms with Crippen LogP contribution in [0, 0.1) is 5.92 Å². The molecule has 6 heteroatoms. The monoisotopic (exact) mass is 311 g/mol. The van der Waals surface area contributed by atoms with Gasteiger partial charge in [-0.3, -0.25) is 9.59 Å². The summed E-state index contributed by atoms with van der Waals surface area (Å²) in [5.41, 5.74) is 1.13. The van der Waals surface area contributed by atoms with E-state index in [0.717, 1.165) is 0 Å². The summed E-state index contributed by atoms with van der Waals surface area (Å²) in [5.74, 6) is -0.157. The van der Waals surface area contributed by atoms with Crippen molar-refractivity contribution in [1.82, 2.24) is 10.6 Å². The molecule has 5 nitrogen and oxygen atoms in total. The Morgan fingerprint density at radius 1 is 1.24 bits per heavy atom. The molecule has 116 valence electrons. The summed E-state index contributed by atoms with van der Waals surface area (Å²) in [6.45, 7) is 7.19. The summed E-state index contributed by atoms with van der Waals surface area (Å²) >= 11 is 5.92. The quantitative estimate of drug-likeness (QED) is 0.723. The van der Waals surface area contributed by atoms with E-state index in [9.17, 15) is 9.59 Å². The van der Waals surface area contributed by atoms with Crippen LogP contribution in [-0.4, -0.2) is 31.4 Å². The minimum atomic E-state index is -0.326. The largest absolute Gasteiger partial charge is 0.385 e. The molecular weight excluding hydrogens is 290 g/mol. The van der Waals surface area contributed by atoms with Crippen LogP contribution in [0.4, 0.5) is 5.69 Å². The predicted molar refractivity (Wildman–Crippen MR) is 85.8 cm³/mol. The lowest BCUT2D eigenvalue weighted by Gasteiger charge is -2.12. The summed E-state index contributed by atoms with van der Waals surface area (Å²) < 4.78 is 0. The van der Waals surface area contributed by atoms with Crippen molar-refractivity contribution < 1.29 is 9.59 Å². The van der Waals surface area contributed by atoms with Gasteiger partial charge in [-0.25, -0.2) is 0 Å². The second-order valence-corrected chi connectivity index (χ2v) is 5.54. The van der Waals surface area contributed by atoms with Crippen molar-refractivity contribution in [2.45, 2.75) is 20.8 Å². The van der Waals surface area contributed by atoms with Crippen molar-refractivity contribution in [3.63, 3.8) is 0 Å². The first-order valence-corrected chi connectivity index (χ1v) is 7.40. The molecule has 3 N–H and O–H groups in total. The molecule has 0 unspecified atom stereocenters. The van der Waals surface area contributed by atoms with Crippen LogP contribution in [0.15, 0.2) is 18.2 Å². The van der Waals surface area contributed by atoms with Crippen molar-refractivity contribution in [2.75, 3.05) is 25.0 Å². The van der Waals surface area contributed by atoms with E-state index in [2.05, 4.69) is 16.0 Å². The number of halogens is 1. The van der Waals surface area contributed by atoms with Gasteiger partial charge in [0.2, 0.25) is 5.91 Å². The summed E-state index contributed by atoms with van der Waals surface area (Å²) in [7, 11) is 0. The molecule has 0 radical (unpaired) electrons. The van der Waals surface area contributed by atoms with Gasteiger partial charge in [0, 0.05) is 23.8 Å². The van der Waals surface area contributed by atoms with Gasteiger partial charge in [0.15, 0.2) is 0 Å². The second-order valence-electron chi connectivity index (χ2n) is 5.10. The molecule has 0 aliphatic heterocycles. The van der Waals surface area contributed by atoms with Gasteiger partial charge in [-0.05, 0) is 31.0 Å². The molecule has 0 heterocycles. The van der Waals surface area contributed by atoms with Crippen molar-refractivity contribution >= 4 is 29.1 Å². The van der Waals surface area contributed by atoms with E-state index in [1.165, 1.54) is 0 Å². The predicted octanol–water partition coefficient (Wildman–Crippen LogP) is 2.27. The highest BCUT2D eigenvalue weighted by molar-refractivity contribution is 6.31. The summed E-state index contributed by atoms with van der Waals surface area (Å²) in [6.07, 6.45) is 0. The topological polar surface area (TPSA) is 70.2 Å². The number of rotatable bonds is 7. The average Bonchev–Trinajstić information content (AvgIpc) is 2.44. The summed E-state index contributed by atoms with van der Waals surface area (Å²) in [6, 6.07) is 5.05. The third-order valence-electron chi connectivity index (χ3n) is 2.71. The minimum Gasteiger partial charge on any atom is -0.385 e. The van der Waals surface area contributed by atoms with Crippen LogP contribution in [0.25, 0.3) is 0 Å². The number of benzene rings is 1. The van der Waals surface area contributed by atoms with Crippen molar-refractivity contribution in [3.8, 4) is 0 Å². The number of nitrogens with one attached hydrogen (secondary N) is 3. The highest BCUT2D eigenvalue weighted by Gasteiger charge is 2.13. The first-order chi connectivity index (χ1) is 9.93. The van der Waals surface area contributed by atoms with Crippen LogP contribution in [0.3, 0.4) is 0 Å². The van der Waals surface area contributed by atoms with Gasteiger partial charge < -0.3 is 16.0 Å². The van der Waals surface area contributed by atoms with Gasteiger partial charge in [0.05, 0.1) is 12.1 Å². The van der Waals surface area contributed by atoms with Crippen molar-refractivity contribution in [1.29, 1.82) is 0 Å². The van der Waals surface area contributed by atoms with E-state index < -0.39 is 0 Å². The molecule has 0 spiro atoms. The molecule has 0 aliphatic rings. The zero-order chi connectivity index (χ0) is 15.8. The zero-order valence-corrected chi connectivity index (χ0v) is 13.4. The normalized spacial score (nSPS) is 10.3.